The van der Waals surface area contributed by atoms with Gasteiger partial charge in [-0.3, -0.25) is 4.79 Å². The van der Waals surface area contributed by atoms with Crippen LogP contribution in [-0.2, 0) is 9.53 Å². The van der Waals surface area contributed by atoms with Gasteiger partial charge in [-0.2, -0.15) is 0 Å². The van der Waals surface area contributed by atoms with Gasteiger partial charge in [0.2, 0.25) is 0 Å². The molecule has 20 heavy (non-hydrogen) atoms. The monoisotopic (exact) mass is 313 g/mol. The van der Waals surface area contributed by atoms with E-state index < -0.39 is 24.5 Å². The van der Waals surface area contributed by atoms with Gasteiger partial charge in [-0.15, -0.1) is 11.3 Å². The minimum Gasteiger partial charge on any atom is -0.467 e. The van der Waals surface area contributed by atoms with E-state index in [-0.39, 0.29) is 0 Å². The van der Waals surface area contributed by atoms with Gasteiger partial charge in [-0.1, -0.05) is 29.8 Å². The molecule has 2 aromatic rings. The van der Waals surface area contributed by atoms with Crippen LogP contribution in [0.25, 0.3) is 10.1 Å². The highest BCUT2D eigenvalue weighted by molar-refractivity contribution is 7.21. The van der Waals surface area contributed by atoms with Crippen LogP contribution in [0.2, 0.25) is 5.02 Å². The maximum absolute atomic E-state index is 12.1. The second-order valence-corrected chi connectivity index (χ2v) is 5.40. The zero-order chi connectivity index (χ0) is 14.7. The molecule has 0 bridgehead atoms. The SMILES string of the molecule is COC(=O)C(CO)NC(=O)c1sc2ccccc2c1Cl. The number of aliphatic hydroxyl groups excluding tert-OH is 1. The van der Waals surface area contributed by atoms with Gasteiger partial charge in [-0.05, 0) is 6.07 Å². The third-order valence-electron chi connectivity index (χ3n) is 2.71. The van der Waals surface area contributed by atoms with Crippen molar-refractivity contribution in [2.24, 2.45) is 0 Å². The molecule has 1 aromatic carbocycles. The van der Waals surface area contributed by atoms with E-state index in [2.05, 4.69) is 10.1 Å². The minimum atomic E-state index is -1.10. The van der Waals surface area contributed by atoms with E-state index in [1.54, 1.807) is 0 Å². The fourth-order valence-corrected chi connectivity index (χ4v) is 3.13. The van der Waals surface area contributed by atoms with Crippen LogP contribution in [0.15, 0.2) is 24.3 Å². The molecular formula is C13H12ClNO4S. The first-order valence-electron chi connectivity index (χ1n) is 5.75. The first-order valence-corrected chi connectivity index (χ1v) is 6.94. The number of carbonyl (C=O) groups is 2. The van der Waals surface area contributed by atoms with Gasteiger partial charge in [0.15, 0.2) is 6.04 Å². The molecule has 0 radical (unpaired) electrons. The van der Waals surface area contributed by atoms with Crippen LogP contribution < -0.4 is 5.32 Å². The fourth-order valence-electron chi connectivity index (χ4n) is 1.71. The normalized spacial score (nSPS) is 12.2. The standard InChI is InChI=1S/C13H12ClNO4S/c1-19-13(18)8(6-16)15-12(17)11-10(14)7-4-2-3-5-9(7)20-11/h2-5,8,16H,6H2,1H3,(H,15,17). The Morgan fingerprint density at radius 3 is 2.75 bits per heavy atom. The van der Waals surface area contributed by atoms with Crippen molar-refractivity contribution in [2.45, 2.75) is 6.04 Å². The molecular weight excluding hydrogens is 302 g/mol. The number of halogens is 1. The van der Waals surface area contributed by atoms with Crippen LogP contribution in [0, 0.1) is 0 Å². The van der Waals surface area contributed by atoms with Crippen LogP contribution in [-0.4, -0.2) is 36.7 Å². The lowest BCUT2D eigenvalue weighted by atomic mass is 10.2. The molecule has 1 atom stereocenters. The minimum absolute atomic E-state index is 0.301. The number of hydrogen-bond acceptors (Lipinski definition) is 5. The van der Waals surface area contributed by atoms with Gasteiger partial charge >= 0.3 is 5.97 Å². The number of hydrogen-bond donors (Lipinski definition) is 2. The highest BCUT2D eigenvalue weighted by Gasteiger charge is 2.24. The maximum atomic E-state index is 12.1. The predicted octanol–water partition coefficient (Wildman–Crippen LogP) is 1.82. The summed E-state index contributed by atoms with van der Waals surface area (Å²) < 4.78 is 5.36. The first-order chi connectivity index (χ1) is 9.58. The quantitative estimate of drug-likeness (QED) is 0.844. The number of amides is 1. The average molecular weight is 314 g/mol. The molecule has 0 spiro atoms. The number of methoxy groups -OCH3 is 1. The topological polar surface area (TPSA) is 75.6 Å². The third-order valence-corrected chi connectivity index (χ3v) is 4.39. The van der Waals surface area contributed by atoms with E-state index in [0.717, 1.165) is 10.1 Å². The molecule has 106 valence electrons. The number of ether oxygens (including phenoxy) is 1. The van der Waals surface area contributed by atoms with Crippen LogP contribution in [0.4, 0.5) is 0 Å². The highest BCUT2D eigenvalue weighted by Crippen LogP contribution is 2.34. The number of nitrogens with one attached hydrogen (secondary N) is 1. The van der Waals surface area contributed by atoms with Crippen molar-refractivity contribution >= 4 is 44.9 Å². The Hall–Kier alpha value is -1.63. The Labute approximate surface area is 124 Å². The Morgan fingerprint density at radius 1 is 1.45 bits per heavy atom. The summed E-state index contributed by atoms with van der Waals surface area (Å²) in [6.07, 6.45) is 0. The molecule has 1 unspecified atom stereocenters. The zero-order valence-electron chi connectivity index (χ0n) is 10.6. The number of aliphatic hydroxyl groups is 1. The molecule has 0 aliphatic rings. The van der Waals surface area contributed by atoms with Crippen LogP contribution >= 0.6 is 22.9 Å². The largest absolute Gasteiger partial charge is 0.467 e. The van der Waals surface area contributed by atoms with Gasteiger partial charge < -0.3 is 15.2 Å². The maximum Gasteiger partial charge on any atom is 0.330 e. The predicted molar refractivity (Wildman–Crippen MR) is 77.2 cm³/mol. The van der Waals surface area contributed by atoms with Crippen LogP contribution in [0.1, 0.15) is 9.67 Å². The molecule has 2 N–H and O–H groups in total. The molecule has 5 nitrogen and oxygen atoms in total. The summed E-state index contributed by atoms with van der Waals surface area (Å²) in [5.74, 6) is -1.22. The summed E-state index contributed by atoms with van der Waals surface area (Å²) in [6.45, 7) is -0.541. The van der Waals surface area contributed by atoms with Gasteiger partial charge in [-0.25, -0.2) is 4.79 Å². The third kappa shape index (κ3) is 2.77. The molecule has 2 rings (SSSR count). The van der Waals surface area contributed by atoms with Crippen molar-refractivity contribution in [3.8, 4) is 0 Å². The van der Waals surface area contributed by atoms with E-state index in [9.17, 15) is 9.59 Å². The second kappa shape index (κ2) is 6.21. The van der Waals surface area contributed by atoms with Gasteiger partial charge in [0.05, 0.1) is 18.7 Å². The Bertz CT molecular complexity index is 655. The lowest BCUT2D eigenvalue weighted by Gasteiger charge is -2.13. The first kappa shape index (κ1) is 14.8. The number of fused-ring (bicyclic) bond motifs is 1. The van der Waals surface area contributed by atoms with Crippen LogP contribution in [0.5, 0.6) is 0 Å². The molecule has 0 aliphatic carbocycles. The second-order valence-electron chi connectivity index (χ2n) is 3.97. The molecule has 0 fully saturated rings. The van der Waals surface area contributed by atoms with Crippen molar-refractivity contribution in [2.75, 3.05) is 13.7 Å². The van der Waals surface area contributed by atoms with Gasteiger partial charge in [0.1, 0.15) is 4.88 Å². The molecule has 0 saturated carbocycles. The Morgan fingerprint density at radius 2 is 2.15 bits per heavy atom. The summed E-state index contributed by atoms with van der Waals surface area (Å²) >= 11 is 7.39. The molecule has 1 aromatic heterocycles. The zero-order valence-corrected chi connectivity index (χ0v) is 12.1. The highest BCUT2D eigenvalue weighted by atomic mass is 35.5. The molecule has 1 amide bonds. The Kier molecular flexibility index (Phi) is 4.59. The van der Waals surface area contributed by atoms with E-state index in [4.69, 9.17) is 16.7 Å². The summed E-state index contributed by atoms with van der Waals surface area (Å²) in [5, 5.41) is 12.6. The van der Waals surface area contributed by atoms with E-state index >= 15 is 0 Å². The lowest BCUT2D eigenvalue weighted by molar-refractivity contribution is -0.143. The van der Waals surface area contributed by atoms with E-state index in [1.807, 2.05) is 24.3 Å². The van der Waals surface area contributed by atoms with Crippen molar-refractivity contribution < 1.29 is 19.4 Å². The van der Waals surface area contributed by atoms with Gasteiger partial charge in [0.25, 0.3) is 5.91 Å². The van der Waals surface area contributed by atoms with E-state index in [1.165, 1.54) is 18.4 Å². The van der Waals surface area contributed by atoms with Crippen molar-refractivity contribution in [1.29, 1.82) is 0 Å². The lowest BCUT2D eigenvalue weighted by Crippen LogP contribution is -2.43. The summed E-state index contributed by atoms with van der Waals surface area (Å²) in [4.78, 5) is 23.8. The Balaban J connectivity index is 2.27. The van der Waals surface area contributed by atoms with Gasteiger partial charge in [0, 0.05) is 10.1 Å². The number of carbonyl (C=O) groups excluding carboxylic acids is 2. The van der Waals surface area contributed by atoms with Crippen molar-refractivity contribution in [3.63, 3.8) is 0 Å². The number of rotatable bonds is 4. The number of esters is 1. The molecule has 7 heteroatoms. The number of thiophene rings is 1. The summed E-state index contributed by atoms with van der Waals surface area (Å²) in [6, 6.07) is 6.24. The molecule has 0 saturated heterocycles. The van der Waals surface area contributed by atoms with Crippen LogP contribution in [0.3, 0.4) is 0 Å². The summed E-state index contributed by atoms with van der Waals surface area (Å²) in [5.41, 5.74) is 0. The smallest absolute Gasteiger partial charge is 0.330 e. The average Bonchev–Trinajstić information content (AvgIpc) is 2.81. The summed E-state index contributed by atoms with van der Waals surface area (Å²) in [7, 11) is 1.18. The fraction of sp³-hybridized carbons (Fsp3) is 0.231. The van der Waals surface area contributed by atoms with Crippen molar-refractivity contribution in [1.82, 2.24) is 5.32 Å². The molecule has 1 heterocycles. The van der Waals surface area contributed by atoms with E-state index in [0.29, 0.717) is 9.90 Å². The number of benzene rings is 1. The van der Waals surface area contributed by atoms with Crippen molar-refractivity contribution in [3.05, 3.63) is 34.2 Å². The molecule has 0 aliphatic heterocycles.